The molecular formula is C10H10BFN2O3. The van der Waals surface area contributed by atoms with E-state index >= 15 is 0 Å². The highest BCUT2D eigenvalue weighted by Crippen LogP contribution is 2.24. The summed E-state index contributed by atoms with van der Waals surface area (Å²) in [7, 11) is 5.02. The SMILES string of the molecule is [B]C(=O)[C@H](N)[C@@H](C)c1ccc([N+](=O)[O-])c(F)c1. The lowest BCUT2D eigenvalue weighted by molar-refractivity contribution is -0.387. The van der Waals surface area contributed by atoms with Crippen molar-refractivity contribution in [3.05, 3.63) is 39.7 Å². The molecule has 0 bridgehead atoms. The van der Waals surface area contributed by atoms with E-state index in [1.807, 2.05) is 0 Å². The summed E-state index contributed by atoms with van der Waals surface area (Å²) in [6.45, 7) is 1.59. The van der Waals surface area contributed by atoms with E-state index in [9.17, 15) is 19.3 Å². The molecule has 2 radical (unpaired) electrons. The smallest absolute Gasteiger partial charge is 0.304 e. The molecule has 1 aromatic rings. The predicted octanol–water partition coefficient (Wildman–Crippen LogP) is 0.860. The summed E-state index contributed by atoms with van der Waals surface area (Å²) >= 11 is 0. The summed E-state index contributed by atoms with van der Waals surface area (Å²) in [6.07, 6.45) is 0. The molecule has 0 heterocycles. The molecule has 1 aromatic carbocycles. The van der Waals surface area contributed by atoms with Crippen molar-refractivity contribution in [3.63, 3.8) is 0 Å². The zero-order valence-corrected chi connectivity index (χ0v) is 9.09. The van der Waals surface area contributed by atoms with Crippen molar-refractivity contribution in [3.8, 4) is 0 Å². The van der Waals surface area contributed by atoms with Gasteiger partial charge in [-0.2, -0.15) is 4.39 Å². The molecule has 1 rings (SSSR count). The van der Waals surface area contributed by atoms with Crippen molar-refractivity contribution >= 4 is 19.2 Å². The first-order valence-corrected chi connectivity index (χ1v) is 4.83. The fourth-order valence-corrected chi connectivity index (χ4v) is 1.41. The zero-order valence-electron chi connectivity index (χ0n) is 9.09. The summed E-state index contributed by atoms with van der Waals surface area (Å²) in [5.74, 6) is -1.47. The Balaban J connectivity index is 3.05. The number of carbonyl (C=O) groups is 1. The van der Waals surface area contributed by atoms with E-state index in [4.69, 9.17) is 13.6 Å². The van der Waals surface area contributed by atoms with Crippen LogP contribution in [0.5, 0.6) is 0 Å². The molecule has 0 unspecified atom stereocenters. The van der Waals surface area contributed by atoms with Crippen LogP contribution in [0.15, 0.2) is 18.2 Å². The van der Waals surface area contributed by atoms with Gasteiger partial charge < -0.3 is 10.5 Å². The monoisotopic (exact) mass is 236 g/mol. The third kappa shape index (κ3) is 2.88. The maximum Gasteiger partial charge on any atom is 0.304 e. The first kappa shape index (κ1) is 13.3. The van der Waals surface area contributed by atoms with Crippen LogP contribution in [0.25, 0.3) is 0 Å². The normalized spacial score (nSPS) is 14.1. The molecular weight excluding hydrogens is 226 g/mol. The topological polar surface area (TPSA) is 86.2 Å². The maximum atomic E-state index is 13.3. The lowest BCUT2D eigenvalue weighted by atomic mass is 9.84. The Hall–Kier alpha value is -1.76. The van der Waals surface area contributed by atoms with Crippen LogP contribution in [0.3, 0.4) is 0 Å². The second kappa shape index (κ2) is 5.05. The molecule has 0 saturated carbocycles. The first-order chi connectivity index (χ1) is 7.84. The fourth-order valence-electron chi connectivity index (χ4n) is 1.41. The molecule has 0 aliphatic carbocycles. The highest BCUT2D eigenvalue weighted by Gasteiger charge is 2.21. The third-order valence-corrected chi connectivity index (χ3v) is 2.56. The third-order valence-electron chi connectivity index (χ3n) is 2.56. The Kier molecular flexibility index (Phi) is 3.95. The van der Waals surface area contributed by atoms with Gasteiger partial charge in [-0.1, -0.05) is 13.0 Å². The van der Waals surface area contributed by atoms with Crippen LogP contribution in [0.1, 0.15) is 18.4 Å². The molecule has 2 atom stereocenters. The van der Waals surface area contributed by atoms with E-state index in [1.54, 1.807) is 6.92 Å². The molecule has 0 fully saturated rings. The number of carbonyl (C=O) groups excluding carboxylic acids is 1. The van der Waals surface area contributed by atoms with E-state index in [0.29, 0.717) is 5.56 Å². The predicted molar refractivity (Wildman–Crippen MR) is 60.2 cm³/mol. The number of nitrogens with two attached hydrogens (primary N) is 1. The fraction of sp³-hybridized carbons (Fsp3) is 0.300. The first-order valence-electron chi connectivity index (χ1n) is 4.83. The summed E-state index contributed by atoms with van der Waals surface area (Å²) < 4.78 is 13.3. The van der Waals surface area contributed by atoms with E-state index in [0.717, 1.165) is 12.1 Å². The molecule has 88 valence electrons. The molecule has 5 nitrogen and oxygen atoms in total. The largest absolute Gasteiger partial charge is 0.322 e. The zero-order chi connectivity index (χ0) is 13.2. The van der Waals surface area contributed by atoms with Gasteiger partial charge in [-0.15, -0.1) is 0 Å². The number of rotatable bonds is 4. The van der Waals surface area contributed by atoms with Crippen molar-refractivity contribution in [1.29, 1.82) is 0 Å². The number of nitro groups is 1. The quantitative estimate of drug-likeness (QED) is 0.477. The van der Waals surface area contributed by atoms with Gasteiger partial charge in [-0.25, -0.2) is 0 Å². The minimum atomic E-state index is -0.962. The Morgan fingerprint density at radius 1 is 1.59 bits per heavy atom. The molecule has 0 spiro atoms. The Labute approximate surface area is 98.4 Å². The van der Waals surface area contributed by atoms with Crippen LogP contribution < -0.4 is 5.73 Å². The molecule has 0 aliphatic rings. The molecule has 17 heavy (non-hydrogen) atoms. The summed E-state index contributed by atoms with van der Waals surface area (Å²) in [5.41, 5.74) is 4.57. The minimum absolute atomic E-state index is 0.388. The Bertz CT molecular complexity index is 467. The Morgan fingerprint density at radius 3 is 2.59 bits per heavy atom. The van der Waals surface area contributed by atoms with Crippen molar-refractivity contribution in [2.45, 2.75) is 18.9 Å². The number of benzene rings is 1. The van der Waals surface area contributed by atoms with E-state index in [1.165, 1.54) is 6.07 Å². The highest BCUT2D eigenvalue weighted by molar-refractivity contribution is 6.59. The molecule has 0 saturated heterocycles. The maximum absolute atomic E-state index is 13.3. The van der Waals surface area contributed by atoms with Gasteiger partial charge in [0, 0.05) is 12.0 Å². The number of hydrogen-bond acceptors (Lipinski definition) is 4. The average molecular weight is 236 g/mol. The van der Waals surface area contributed by atoms with E-state index in [2.05, 4.69) is 0 Å². The van der Waals surface area contributed by atoms with E-state index in [-0.39, 0.29) is 0 Å². The lowest BCUT2D eigenvalue weighted by Gasteiger charge is -2.17. The van der Waals surface area contributed by atoms with Gasteiger partial charge in [0.1, 0.15) is 0 Å². The molecule has 2 N–H and O–H groups in total. The van der Waals surface area contributed by atoms with Gasteiger partial charge >= 0.3 is 5.69 Å². The lowest BCUT2D eigenvalue weighted by Crippen LogP contribution is -2.35. The highest BCUT2D eigenvalue weighted by atomic mass is 19.1. The van der Waals surface area contributed by atoms with Crippen LogP contribution in [0.2, 0.25) is 0 Å². The summed E-state index contributed by atoms with van der Waals surface area (Å²) in [5, 5.41) is 10.4. The van der Waals surface area contributed by atoms with Crippen LogP contribution >= 0.6 is 0 Å². The van der Waals surface area contributed by atoms with Gasteiger partial charge in [-0.3, -0.25) is 10.1 Å². The van der Waals surface area contributed by atoms with Gasteiger partial charge in [0.05, 0.1) is 16.6 Å². The van der Waals surface area contributed by atoms with E-state index < -0.39 is 34.1 Å². The second-order valence-corrected chi connectivity index (χ2v) is 3.68. The van der Waals surface area contributed by atoms with Gasteiger partial charge in [-0.05, 0) is 11.6 Å². The number of hydrogen-bond donors (Lipinski definition) is 1. The van der Waals surface area contributed by atoms with Crippen molar-refractivity contribution in [2.24, 2.45) is 5.73 Å². The van der Waals surface area contributed by atoms with Crippen molar-refractivity contribution < 1.29 is 14.1 Å². The van der Waals surface area contributed by atoms with Gasteiger partial charge in [0.15, 0.2) is 7.85 Å². The summed E-state index contributed by atoms with van der Waals surface area (Å²) in [6, 6.07) is 2.42. The molecule has 0 amide bonds. The average Bonchev–Trinajstić information content (AvgIpc) is 2.26. The minimum Gasteiger partial charge on any atom is -0.322 e. The second-order valence-electron chi connectivity index (χ2n) is 3.68. The number of nitrogens with zero attached hydrogens (tertiary/aromatic N) is 1. The van der Waals surface area contributed by atoms with Crippen LogP contribution in [0.4, 0.5) is 10.1 Å². The van der Waals surface area contributed by atoms with Crippen LogP contribution in [-0.2, 0) is 4.79 Å². The van der Waals surface area contributed by atoms with Crippen molar-refractivity contribution in [2.75, 3.05) is 0 Å². The van der Waals surface area contributed by atoms with Gasteiger partial charge in [0.2, 0.25) is 5.82 Å². The number of halogens is 1. The van der Waals surface area contributed by atoms with Gasteiger partial charge in [0.25, 0.3) is 0 Å². The number of nitro benzene ring substituents is 1. The standard InChI is InChI=1S/C10H10BFN2O3/c1-5(9(13)10(11)15)6-2-3-8(14(16)17)7(12)4-6/h2-5,9H,13H2,1H3/t5-,9+/m0/s1. The molecule has 0 aromatic heterocycles. The molecule has 0 aliphatic heterocycles. The summed E-state index contributed by atoms with van der Waals surface area (Å²) in [4.78, 5) is 20.5. The van der Waals surface area contributed by atoms with Crippen LogP contribution in [-0.4, -0.2) is 24.5 Å². The van der Waals surface area contributed by atoms with Crippen LogP contribution in [0, 0.1) is 15.9 Å². The molecule has 7 heteroatoms. The van der Waals surface area contributed by atoms with Crippen molar-refractivity contribution in [1.82, 2.24) is 0 Å². The Morgan fingerprint density at radius 2 is 2.18 bits per heavy atom.